The van der Waals surface area contributed by atoms with Gasteiger partial charge in [0.25, 0.3) is 5.91 Å². The van der Waals surface area contributed by atoms with Crippen LogP contribution in [-0.2, 0) is 4.79 Å². The molecule has 0 heterocycles. The molecule has 2 aromatic rings. The first-order valence-electron chi connectivity index (χ1n) is 9.40. The lowest BCUT2D eigenvalue weighted by Crippen LogP contribution is -2.15. The fraction of sp³-hybridized carbons (Fsp3) is 0.273. The topological polar surface area (TPSA) is 110 Å². The molecule has 30 heavy (non-hydrogen) atoms. The van der Waals surface area contributed by atoms with Crippen LogP contribution in [0.1, 0.15) is 37.6 Å². The Hall–Kier alpha value is -3.68. The largest absolute Gasteiger partial charge is 0.510 e. The van der Waals surface area contributed by atoms with E-state index in [0.717, 1.165) is 6.42 Å². The molecular formula is C22H25N3O5. The zero-order chi connectivity index (χ0) is 22.1. The number of methoxy groups -OCH3 is 1. The molecule has 0 atom stereocenters. The van der Waals surface area contributed by atoms with Gasteiger partial charge >= 0.3 is 0 Å². The Bertz CT molecular complexity index is 978. The molecule has 0 aliphatic carbocycles. The maximum Gasteiger partial charge on any atom is 0.279 e. The number of hydrogen-bond donors (Lipinski definition) is 2. The molecule has 0 spiro atoms. The Kier molecular flexibility index (Phi) is 8.10. The summed E-state index contributed by atoms with van der Waals surface area (Å²) in [5, 5.41) is 20.6. The molecule has 158 valence electrons. The van der Waals surface area contributed by atoms with Crippen molar-refractivity contribution in [1.82, 2.24) is 0 Å². The highest BCUT2D eigenvalue weighted by atomic mass is 16.5. The van der Waals surface area contributed by atoms with E-state index in [-0.39, 0.29) is 17.2 Å². The van der Waals surface area contributed by atoms with E-state index in [1.54, 1.807) is 42.5 Å². The average molecular weight is 411 g/mol. The molecular weight excluding hydrogens is 386 g/mol. The van der Waals surface area contributed by atoms with Crippen LogP contribution >= 0.6 is 0 Å². The van der Waals surface area contributed by atoms with Gasteiger partial charge in [-0.25, -0.2) is 0 Å². The molecule has 0 fully saturated rings. The molecule has 2 N–H and O–H groups in total. The number of anilines is 1. The lowest BCUT2D eigenvalue weighted by atomic mass is 10.1. The number of azo groups is 1. The summed E-state index contributed by atoms with van der Waals surface area (Å²) in [7, 11) is 1.52. The molecule has 0 bridgehead atoms. The van der Waals surface area contributed by atoms with Crippen LogP contribution in [0.15, 0.2) is 64.1 Å². The van der Waals surface area contributed by atoms with Gasteiger partial charge in [0.2, 0.25) is 0 Å². The number of rotatable bonds is 9. The highest BCUT2D eigenvalue weighted by Gasteiger charge is 2.15. The summed E-state index contributed by atoms with van der Waals surface area (Å²) in [6.07, 6.45) is 0.811. The highest BCUT2D eigenvalue weighted by molar-refractivity contribution is 6.04. The molecule has 8 nitrogen and oxygen atoms in total. The Morgan fingerprint density at radius 2 is 1.90 bits per heavy atom. The van der Waals surface area contributed by atoms with Gasteiger partial charge in [-0.15, -0.1) is 10.2 Å². The Morgan fingerprint density at radius 3 is 2.53 bits per heavy atom. The van der Waals surface area contributed by atoms with E-state index in [1.807, 2.05) is 6.92 Å². The Morgan fingerprint density at radius 1 is 1.13 bits per heavy atom. The van der Waals surface area contributed by atoms with Crippen LogP contribution in [-0.4, -0.2) is 30.5 Å². The van der Waals surface area contributed by atoms with Crippen LogP contribution < -0.4 is 14.8 Å². The van der Waals surface area contributed by atoms with Crippen molar-refractivity contribution in [1.29, 1.82) is 0 Å². The number of amides is 1. The van der Waals surface area contributed by atoms with Crippen LogP contribution in [0.2, 0.25) is 0 Å². The molecule has 0 aliphatic heterocycles. The summed E-state index contributed by atoms with van der Waals surface area (Å²) in [5.74, 6) is -0.0794. The third kappa shape index (κ3) is 6.16. The first-order chi connectivity index (χ1) is 14.3. The number of nitrogens with one attached hydrogen (secondary N) is 1. The van der Waals surface area contributed by atoms with Crippen LogP contribution in [0, 0.1) is 0 Å². The number of nitrogens with zero attached hydrogens (tertiary/aromatic N) is 2. The van der Waals surface area contributed by atoms with Crippen LogP contribution in [0.5, 0.6) is 11.5 Å². The van der Waals surface area contributed by atoms with E-state index in [1.165, 1.54) is 21.0 Å². The summed E-state index contributed by atoms with van der Waals surface area (Å²) in [4.78, 5) is 24.1. The maximum absolute atomic E-state index is 12.6. The van der Waals surface area contributed by atoms with Gasteiger partial charge in [-0.1, -0.05) is 19.1 Å². The number of carbonyl (C=O) groups is 2. The highest BCUT2D eigenvalue weighted by Crippen LogP contribution is 2.32. The first kappa shape index (κ1) is 22.6. The van der Waals surface area contributed by atoms with E-state index < -0.39 is 5.91 Å². The second kappa shape index (κ2) is 10.8. The van der Waals surface area contributed by atoms with Crippen LogP contribution in [0.4, 0.5) is 11.4 Å². The van der Waals surface area contributed by atoms with Gasteiger partial charge in [0.05, 0.1) is 13.7 Å². The lowest BCUT2D eigenvalue weighted by Gasteiger charge is -2.09. The summed E-state index contributed by atoms with van der Waals surface area (Å²) in [6, 6.07) is 11.5. The molecule has 2 aromatic carbocycles. The quantitative estimate of drug-likeness (QED) is 0.255. The number of ether oxygens (including phenoxy) is 2. The molecule has 2 rings (SSSR count). The minimum absolute atomic E-state index is 0.127. The monoisotopic (exact) mass is 411 g/mol. The second-order valence-corrected chi connectivity index (χ2v) is 6.41. The SMILES string of the molecule is CCCOc1ccc(OC)cc1N=N/C(C(=O)Nc1cccc(C(C)=O)c1)=C(/C)O. The van der Waals surface area contributed by atoms with Gasteiger partial charge in [0.1, 0.15) is 22.9 Å². The molecule has 0 radical (unpaired) electrons. The van der Waals surface area contributed by atoms with E-state index in [9.17, 15) is 14.7 Å². The third-order valence-electron chi connectivity index (χ3n) is 3.97. The van der Waals surface area contributed by atoms with Gasteiger partial charge in [-0.05, 0) is 44.5 Å². The van der Waals surface area contributed by atoms with E-state index >= 15 is 0 Å². The molecule has 8 heteroatoms. The number of aliphatic hydroxyl groups excluding tert-OH is 1. The number of benzene rings is 2. The predicted octanol–water partition coefficient (Wildman–Crippen LogP) is 5.20. The molecule has 0 saturated carbocycles. The molecule has 0 aliphatic rings. The minimum atomic E-state index is -0.668. The zero-order valence-electron chi connectivity index (χ0n) is 17.4. The second-order valence-electron chi connectivity index (χ2n) is 6.41. The van der Waals surface area contributed by atoms with Gasteiger partial charge in [-0.2, -0.15) is 0 Å². The third-order valence-corrected chi connectivity index (χ3v) is 3.97. The van der Waals surface area contributed by atoms with Crippen LogP contribution in [0.25, 0.3) is 0 Å². The summed E-state index contributed by atoms with van der Waals surface area (Å²) in [6.45, 7) is 5.24. The molecule has 0 saturated heterocycles. The van der Waals surface area contributed by atoms with Crippen molar-refractivity contribution >= 4 is 23.1 Å². The van der Waals surface area contributed by atoms with Gasteiger partial charge in [0.15, 0.2) is 11.5 Å². The number of Topliss-reactive ketones (excluding diaryl/α,β-unsaturated/α-hetero) is 1. The van der Waals surface area contributed by atoms with E-state index in [0.29, 0.717) is 35.0 Å². The van der Waals surface area contributed by atoms with Crippen LogP contribution in [0.3, 0.4) is 0 Å². The van der Waals surface area contributed by atoms with E-state index in [4.69, 9.17) is 9.47 Å². The minimum Gasteiger partial charge on any atom is -0.510 e. The first-order valence-corrected chi connectivity index (χ1v) is 9.40. The summed E-state index contributed by atoms with van der Waals surface area (Å²) < 4.78 is 10.9. The van der Waals surface area contributed by atoms with Gasteiger partial charge in [-0.3, -0.25) is 9.59 Å². The maximum atomic E-state index is 12.6. The number of aliphatic hydroxyl groups is 1. The summed E-state index contributed by atoms with van der Waals surface area (Å²) >= 11 is 0. The Labute approximate surface area is 175 Å². The average Bonchev–Trinajstić information content (AvgIpc) is 2.72. The van der Waals surface area contributed by atoms with Gasteiger partial charge in [0, 0.05) is 17.3 Å². The van der Waals surface area contributed by atoms with Crippen molar-refractivity contribution in [3.8, 4) is 11.5 Å². The normalized spacial score (nSPS) is 11.7. The Balaban J connectivity index is 2.28. The van der Waals surface area contributed by atoms with Crippen molar-refractivity contribution in [3.05, 3.63) is 59.5 Å². The van der Waals surface area contributed by atoms with Crippen molar-refractivity contribution < 1.29 is 24.2 Å². The fourth-order valence-electron chi connectivity index (χ4n) is 2.43. The lowest BCUT2D eigenvalue weighted by molar-refractivity contribution is -0.113. The van der Waals surface area contributed by atoms with E-state index in [2.05, 4.69) is 15.5 Å². The van der Waals surface area contributed by atoms with Crippen molar-refractivity contribution in [2.45, 2.75) is 27.2 Å². The molecule has 1 amide bonds. The van der Waals surface area contributed by atoms with Crippen molar-refractivity contribution in [2.24, 2.45) is 10.2 Å². The number of carbonyl (C=O) groups excluding carboxylic acids is 2. The van der Waals surface area contributed by atoms with Gasteiger partial charge < -0.3 is 19.9 Å². The number of allylic oxidation sites excluding steroid dienone is 1. The zero-order valence-corrected chi connectivity index (χ0v) is 17.4. The predicted molar refractivity (Wildman–Crippen MR) is 114 cm³/mol. The fourth-order valence-corrected chi connectivity index (χ4v) is 2.43. The number of hydrogen-bond acceptors (Lipinski definition) is 7. The standard InChI is InChI=1S/C22H25N3O5/c1-5-11-30-20-10-9-18(29-4)13-19(20)24-25-21(15(3)27)22(28)23-17-8-6-7-16(12-17)14(2)26/h6-10,12-13,27H,5,11H2,1-4H3,(H,23,28)/b21-15-,25-24?. The van der Waals surface area contributed by atoms with Crippen molar-refractivity contribution in [2.75, 3.05) is 19.0 Å². The van der Waals surface area contributed by atoms with Crippen molar-refractivity contribution in [3.63, 3.8) is 0 Å². The summed E-state index contributed by atoms with van der Waals surface area (Å²) in [5.41, 5.74) is 0.935. The smallest absolute Gasteiger partial charge is 0.279 e. The number of ketones is 1. The molecule has 0 unspecified atom stereocenters. The molecule has 0 aromatic heterocycles.